The van der Waals surface area contributed by atoms with E-state index in [9.17, 15) is 0 Å². The molecular formula is C14H19N. The predicted molar refractivity (Wildman–Crippen MR) is 62.8 cm³/mol. The van der Waals surface area contributed by atoms with Crippen LogP contribution in [0, 0.1) is 11.3 Å². The molecule has 0 spiro atoms. The number of hydrogen-bond acceptors (Lipinski definition) is 1. The van der Waals surface area contributed by atoms with Gasteiger partial charge in [0.2, 0.25) is 0 Å². The van der Waals surface area contributed by atoms with Crippen LogP contribution < -0.4 is 5.73 Å². The molecule has 1 aromatic carbocycles. The molecule has 3 unspecified atom stereocenters. The molecule has 0 heterocycles. The van der Waals surface area contributed by atoms with E-state index in [1.165, 1.54) is 12.8 Å². The smallest absolute Gasteiger partial charge is 0.0131 e. The van der Waals surface area contributed by atoms with Crippen LogP contribution >= 0.6 is 0 Å². The van der Waals surface area contributed by atoms with Crippen LogP contribution in [0.3, 0.4) is 0 Å². The van der Waals surface area contributed by atoms with Crippen molar-refractivity contribution in [3.63, 3.8) is 0 Å². The molecule has 1 aromatic rings. The number of fused-ring (bicyclic) bond motifs is 3. The van der Waals surface area contributed by atoms with Crippen LogP contribution in [0.2, 0.25) is 0 Å². The first-order valence-electron chi connectivity index (χ1n) is 5.96. The van der Waals surface area contributed by atoms with Gasteiger partial charge < -0.3 is 5.73 Å². The van der Waals surface area contributed by atoms with Gasteiger partial charge in [0.05, 0.1) is 0 Å². The first-order chi connectivity index (χ1) is 7.12. The summed E-state index contributed by atoms with van der Waals surface area (Å²) in [4.78, 5) is 0. The van der Waals surface area contributed by atoms with Gasteiger partial charge >= 0.3 is 0 Å². The Morgan fingerprint density at radius 1 is 1.27 bits per heavy atom. The summed E-state index contributed by atoms with van der Waals surface area (Å²) < 4.78 is 0. The molecule has 1 heteroatoms. The van der Waals surface area contributed by atoms with Crippen molar-refractivity contribution >= 4 is 0 Å². The minimum atomic E-state index is 0.293. The largest absolute Gasteiger partial charge is 0.327 e. The van der Waals surface area contributed by atoms with Crippen LogP contribution in [0.4, 0.5) is 0 Å². The van der Waals surface area contributed by atoms with E-state index in [-0.39, 0.29) is 0 Å². The average Bonchev–Trinajstić information content (AvgIpc) is 2.26. The van der Waals surface area contributed by atoms with Gasteiger partial charge in [-0.1, -0.05) is 38.1 Å². The van der Waals surface area contributed by atoms with Crippen molar-refractivity contribution in [1.82, 2.24) is 0 Å². The Kier molecular flexibility index (Phi) is 1.79. The van der Waals surface area contributed by atoms with Gasteiger partial charge in [0, 0.05) is 6.04 Å². The number of benzene rings is 1. The maximum Gasteiger partial charge on any atom is 0.0131 e. The molecule has 1 nitrogen and oxygen atoms in total. The highest BCUT2D eigenvalue weighted by Crippen LogP contribution is 2.59. The van der Waals surface area contributed by atoms with Crippen molar-refractivity contribution in [2.75, 3.05) is 0 Å². The Balaban J connectivity index is 2.07. The second-order valence-electron chi connectivity index (χ2n) is 5.73. The van der Waals surface area contributed by atoms with Gasteiger partial charge in [-0.2, -0.15) is 0 Å². The van der Waals surface area contributed by atoms with Gasteiger partial charge in [0.15, 0.2) is 0 Å². The van der Waals surface area contributed by atoms with E-state index in [2.05, 4.69) is 38.1 Å². The molecule has 80 valence electrons. The molecular weight excluding hydrogens is 182 g/mol. The molecule has 0 aromatic heterocycles. The third kappa shape index (κ3) is 1.07. The number of aryl methyl sites for hydroxylation is 1. The molecule has 0 amide bonds. The van der Waals surface area contributed by atoms with E-state index in [1.54, 1.807) is 11.1 Å². The van der Waals surface area contributed by atoms with Crippen molar-refractivity contribution in [2.45, 2.75) is 38.6 Å². The quantitative estimate of drug-likeness (QED) is 0.686. The Hall–Kier alpha value is -0.820. The lowest BCUT2D eigenvalue weighted by molar-refractivity contribution is 0.00140. The molecule has 0 aliphatic heterocycles. The van der Waals surface area contributed by atoms with Crippen molar-refractivity contribution < 1.29 is 0 Å². The van der Waals surface area contributed by atoms with Crippen LogP contribution in [0.15, 0.2) is 24.3 Å². The topological polar surface area (TPSA) is 26.0 Å². The third-order valence-electron chi connectivity index (χ3n) is 4.69. The van der Waals surface area contributed by atoms with Crippen LogP contribution in [-0.4, -0.2) is 6.04 Å². The first kappa shape index (κ1) is 9.41. The zero-order chi connectivity index (χ0) is 10.6. The van der Waals surface area contributed by atoms with Gasteiger partial charge in [-0.25, -0.2) is 0 Å². The van der Waals surface area contributed by atoms with E-state index in [0.29, 0.717) is 17.4 Å². The molecule has 3 rings (SSSR count). The highest BCUT2D eigenvalue weighted by molar-refractivity contribution is 5.39. The van der Waals surface area contributed by atoms with Gasteiger partial charge in [-0.15, -0.1) is 0 Å². The summed E-state index contributed by atoms with van der Waals surface area (Å²) in [7, 11) is 0. The maximum absolute atomic E-state index is 6.27. The first-order valence-corrected chi connectivity index (χ1v) is 5.96. The summed E-state index contributed by atoms with van der Waals surface area (Å²) in [6.45, 7) is 4.64. The summed E-state index contributed by atoms with van der Waals surface area (Å²) in [6.07, 6.45) is 2.51. The van der Waals surface area contributed by atoms with Crippen molar-refractivity contribution in [1.29, 1.82) is 0 Å². The SMILES string of the molecule is CC1(C)C(N)C2CCc3ccccc3C21. The Bertz CT molecular complexity index is 394. The highest BCUT2D eigenvalue weighted by atomic mass is 14.8. The molecule has 2 aliphatic rings. The maximum atomic E-state index is 6.27. The van der Waals surface area contributed by atoms with Gasteiger partial charge in [-0.3, -0.25) is 0 Å². The van der Waals surface area contributed by atoms with E-state index < -0.39 is 0 Å². The Morgan fingerprint density at radius 2 is 2.00 bits per heavy atom. The standard InChI is InChI=1S/C14H19N/c1-14(2)12-10-6-4-3-5-9(10)7-8-11(12)13(14)15/h3-6,11-13H,7-8,15H2,1-2H3. The van der Waals surface area contributed by atoms with Crippen LogP contribution in [0.25, 0.3) is 0 Å². The second kappa shape index (κ2) is 2.85. The van der Waals surface area contributed by atoms with Gasteiger partial charge in [0.1, 0.15) is 0 Å². The zero-order valence-electron chi connectivity index (χ0n) is 9.53. The summed E-state index contributed by atoms with van der Waals surface area (Å²) >= 11 is 0. The molecule has 1 saturated carbocycles. The van der Waals surface area contributed by atoms with Crippen molar-refractivity contribution in [3.05, 3.63) is 35.4 Å². The molecule has 0 saturated heterocycles. The minimum absolute atomic E-state index is 0.293. The molecule has 15 heavy (non-hydrogen) atoms. The van der Waals surface area contributed by atoms with E-state index >= 15 is 0 Å². The number of hydrogen-bond donors (Lipinski definition) is 1. The molecule has 0 bridgehead atoms. The third-order valence-corrected chi connectivity index (χ3v) is 4.69. The van der Waals surface area contributed by atoms with E-state index in [4.69, 9.17) is 5.73 Å². The Morgan fingerprint density at radius 3 is 2.80 bits per heavy atom. The molecule has 0 radical (unpaired) electrons. The van der Waals surface area contributed by atoms with E-state index in [0.717, 1.165) is 5.92 Å². The lowest BCUT2D eigenvalue weighted by Crippen LogP contribution is -2.62. The minimum Gasteiger partial charge on any atom is -0.327 e. The molecule has 2 N–H and O–H groups in total. The number of rotatable bonds is 0. The summed E-state index contributed by atoms with van der Waals surface area (Å²) in [5.74, 6) is 1.44. The average molecular weight is 201 g/mol. The second-order valence-corrected chi connectivity index (χ2v) is 5.73. The normalized spacial score (nSPS) is 36.3. The highest BCUT2D eigenvalue weighted by Gasteiger charge is 2.56. The number of nitrogens with two attached hydrogens (primary N) is 1. The monoisotopic (exact) mass is 201 g/mol. The van der Waals surface area contributed by atoms with E-state index in [1.807, 2.05) is 0 Å². The molecule has 2 aliphatic carbocycles. The molecule has 3 atom stereocenters. The summed E-state index contributed by atoms with van der Waals surface area (Å²) in [5.41, 5.74) is 9.69. The lowest BCUT2D eigenvalue weighted by Gasteiger charge is -2.60. The van der Waals surface area contributed by atoms with Crippen LogP contribution in [0.1, 0.15) is 37.3 Å². The van der Waals surface area contributed by atoms with Crippen molar-refractivity contribution in [3.8, 4) is 0 Å². The van der Waals surface area contributed by atoms with Crippen LogP contribution in [0.5, 0.6) is 0 Å². The Labute approximate surface area is 91.7 Å². The predicted octanol–water partition coefficient (Wildman–Crippen LogP) is 2.70. The fourth-order valence-electron chi connectivity index (χ4n) is 3.76. The lowest BCUT2D eigenvalue weighted by atomic mass is 9.47. The zero-order valence-corrected chi connectivity index (χ0v) is 9.53. The summed E-state index contributed by atoms with van der Waals surface area (Å²) in [5, 5.41) is 0. The fraction of sp³-hybridized carbons (Fsp3) is 0.571. The van der Waals surface area contributed by atoms with Crippen molar-refractivity contribution in [2.24, 2.45) is 17.1 Å². The van der Waals surface area contributed by atoms with Gasteiger partial charge in [-0.05, 0) is 41.2 Å². The summed E-state index contributed by atoms with van der Waals surface area (Å²) in [6, 6.07) is 9.31. The fourth-order valence-corrected chi connectivity index (χ4v) is 3.76. The molecule has 1 fully saturated rings. The van der Waals surface area contributed by atoms with Gasteiger partial charge in [0.25, 0.3) is 0 Å². The van der Waals surface area contributed by atoms with Crippen LogP contribution in [-0.2, 0) is 6.42 Å².